The van der Waals surface area contributed by atoms with Gasteiger partial charge in [0.2, 0.25) is 0 Å². The highest BCUT2D eigenvalue weighted by Crippen LogP contribution is 2.25. The maximum atomic E-state index is 5.99. The van der Waals surface area contributed by atoms with E-state index in [0.29, 0.717) is 6.04 Å². The molecule has 0 aromatic rings. The monoisotopic (exact) mass is 255 g/mol. The van der Waals surface area contributed by atoms with Crippen molar-refractivity contribution >= 4 is 0 Å². The normalized spacial score (nSPS) is 28.3. The molecule has 2 saturated heterocycles. The molecule has 0 aromatic heterocycles. The fourth-order valence-electron chi connectivity index (χ4n) is 3.36. The second-order valence-corrected chi connectivity index (χ2v) is 6.38. The zero-order valence-corrected chi connectivity index (χ0v) is 12.2. The van der Waals surface area contributed by atoms with Gasteiger partial charge in [-0.25, -0.2) is 0 Å². The Morgan fingerprint density at radius 3 is 2.78 bits per heavy atom. The molecule has 0 aromatic carbocycles. The van der Waals surface area contributed by atoms with E-state index in [4.69, 9.17) is 10.5 Å². The van der Waals surface area contributed by atoms with Crippen LogP contribution in [0.25, 0.3) is 0 Å². The van der Waals surface area contributed by atoms with Crippen LogP contribution in [0, 0.1) is 0 Å². The molecule has 2 aliphatic heterocycles. The number of ether oxygens (including phenoxy) is 1. The average molecular weight is 255 g/mol. The third kappa shape index (κ3) is 3.23. The first-order valence-corrected chi connectivity index (χ1v) is 7.29. The quantitative estimate of drug-likeness (QED) is 0.793. The number of piperazine rings is 1. The number of nitrogens with zero attached hydrogens (tertiary/aromatic N) is 2. The van der Waals surface area contributed by atoms with Crippen LogP contribution < -0.4 is 5.73 Å². The van der Waals surface area contributed by atoms with Gasteiger partial charge in [-0.15, -0.1) is 0 Å². The van der Waals surface area contributed by atoms with E-state index in [1.807, 2.05) is 0 Å². The lowest BCUT2D eigenvalue weighted by atomic mass is 9.96. The van der Waals surface area contributed by atoms with E-state index >= 15 is 0 Å². The van der Waals surface area contributed by atoms with Crippen LogP contribution in [0.2, 0.25) is 0 Å². The Hall–Kier alpha value is -0.160. The number of nitrogens with two attached hydrogens (primary N) is 1. The van der Waals surface area contributed by atoms with Gasteiger partial charge in [0.25, 0.3) is 0 Å². The van der Waals surface area contributed by atoms with Crippen molar-refractivity contribution < 1.29 is 4.74 Å². The van der Waals surface area contributed by atoms with Crippen molar-refractivity contribution in [3.63, 3.8) is 0 Å². The smallest absolute Gasteiger partial charge is 0.0638 e. The predicted molar refractivity (Wildman–Crippen MR) is 74.7 cm³/mol. The van der Waals surface area contributed by atoms with Gasteiger partial charge in [-0.2, -0.15) is 0 Å². The fraction of sp³-hybridized carbons (Fsp3) is 1.00. The second kappa shape index (κ2) is 5.87. The molecule has 106 valence electrons. The lowest BCUT2D eigenvalue weighted by molar-refractivity contribution is -0.0185. The molecule has 2 N–H and O–H groups in total. The summed E-state index contributed by atoms with van der Waals surface area (Å²) in [6.07, 6.45) is 3.75. The highest BCUT2D eigenvalue weighted by molar-refractivity contribution is 4.91. The maximum absolute atomic E-state index is 5.99. The minimum Gasteiger partial charge on any atom is -0.379 e. The molecular formula is C14H29N3O. The molecule has 2 rings (SSSR count). The van der Waals surface area contributed by atoms with Crippen LogP contribution in [0.5, 0.6) is 0 Å². The summed E-state index contributed by atoms with van der Waals surface area (Å²) in [5.41, 5.74) is 5.92. The van der Waals surface area contributed by atoms with Gasteiger partial charge in [0.05, 0.1) is 5.60 Å². The molecule has 0 radical (unpaired) electrons. The van der Waals surface area contributed by atoms with Crippen LogP contribution in [0.15, 0.2) is 0 Å². The molecule has 0 aliphatic carbocycles. The molecule has 0 amide bonds. The average Bonchev–Trinajstić information content (AvgIpc) is 2.83. The van der Waals surface area contributed by atoms with Crippen LogP contribution in [0.1, 0.15) is 33.1 Å². The highest BCUT2D eigenvalue weighted by atomic mass is 16.5. The van der Waals surface area contributed by atoms with Crippen LogP contribution in [-0.4, -0.2) is 67.3 Å². The van der Waals surface area contributed by atoms with Crippen molar-refractivity contribution in [1.82, 2.24) is 9.80 Å². The van der Waals surface area contributed by atoms with Crippen molar-refractivity contribution in [2.45, 2.75) is 50.8 Å². The van der Waals surface area contributed by atoms with Crippen molar-refractivity contribution in [3.8, 4) is 0 Å². The number of hydrogen-bond acceptors (Lipinski definition) is 4. The Morgan fingerprint density at radius 1 is 1.33 bits per heavy atom. The summed E-state index contributed by atoms with van der Waals surface area (Å²) in [5, 5.41) is 0. The van der Waals surface area contributed by atoms with Gasteiger partial charge >= 0.3 is 0 Å². The van der Waals surface area contributed by atoms with Crippen molar-refractivity contribution in [3.05, 3.63) is 0 Å². The Balaban J connectivity index is 1.92. The summed E-state index contributed by atoms with van der Waals surface area (Å²) >= 11 is 0. The topological polar surface area (TPSA) is 41.7 Å². The van der Waals surface area contributed by atoms with Gasteiger partial charge in [0.15, 0.2) is 0 Å². The zero-order valence-electron chi connectivity index (χ0n) is 12.2. The molecule has 0 spiro atoms. The molecule has 2 fully saturated rings. The summed E-state index contributed by atoms with van der Waals surface area (Å²) < 4.78 is 5.55. The first-order chi connectivity index (χ1) is 8.55. The van der Waals surface area contributed by atoms with Gasteiger partial charge in [0, 0.05) is 45.4 Å². The highest BCUT2D eigenvalue weighted by Gasteiger charge is 2.34. The van der Waals surface area contributed by atoms with Gasteiger partial charge in [0.1, 0.15) is 0 Å². The molecule has 0 bridgehead atoms. The molecule has 4 nitrogen and oxygen atoms in total. The van der Waals surface area contributed by atoms with Crippen molar-refractivity contribution in [1.29, 1.82) is 0 Å². The first kappa shape index (κ1) is 14.3. The van der Waals surface area contributed by atoms with Crippen molar-refractivity contribution in [2.24, 2.45) is 5.73 Å². The molecule has 2 aliphatic rings. The lowest BCUT2D eigenvalue weighted by Gasteiger charge is -2.43. The Morgan fingerprint density at radius 2 is 2.11 bits per heavy atom. The minimum absolute atomic E-state index is 0.0726. The lowest BCUT2D eigenvalue weighted by Crippen LogP contribution is -2.56. The fourth-order valence-corrected chi connectivity index (χ4v) is 3.36. The second-order valence-electron chi connectivity index (χ2n) is 6.38. The Bertz CT molecular complexity index is 270. The van der Waals surface area contributed by atoms with E-state index in [0.717, 1.165) is 25.6 Å². The van der Waals surface area contributed by atoms with Gasteiger partial charge in [-0.3, -0.25) is 9.80 Å². The van der Waals surface area contributed by atoms with Gasteiger partial charge in [-0.1, -0.05) is 0 Å². The van der Waals surface area contributed by atoms with Gasteiger partial charge in [-0.05, 0) is 39.7 Å². The minimum atomic E-state index is -0.0726. The summed E-state index contributed by atoms with van der Waals surface area (Å²) in [6.45, 7) is 9.92. The third-order valence-corrected chi connectivity index (χ3v) is 4.69. The molecule has 2 atom stereocenters. The maximum Gasteiger partial charge on any atom is 0.0638 e. The van der Waals surface area contributed by atoms with E-state index < -0.39 is 0 Å². The zero-order chi connectivity index (χ0) is 13.2. The van der Waals surface area contributed by atoms with E-state index in [1.165, 1.54) is 32.5 Å². The number of methoxy groups -OCH3 is 1. The van der Waals surface area contributed by atoms with E-state index in [9.17, 15) is 0 Å². The third-order valence-electron chi connectivity index (χ3n) is 4.69. The largest absolute Gasteiger partial charge is 0.379 e. The predicted octanol–water partition coefficient (Wildman–Crippen LogP) is 0.909. The van der Waals surface area contributed by atoms with Crippen LogP contribution >= 0.6 is 0 Å². The molecule has 18 heavy (non-hydrogen) atoms. The summed E-state index contributed by atoms with van der Waals surface area (Å²) in [6, 6.07) is 1.24. The molecule has 2 heterocycles. The van der Waals surface area contributed by atoms with Crippen LogP contribution in [-0.2, 0) is 4.74 Å². The molecule has 0 saturated carbocycles. The molecular weight excluding hydrogens is 226 g/mol. The Labute approximate surface area is 111 Å². The molecule has 4 heteroatoms. The van der Waals surface area contributed by atoms with E-state index in [-0.39, 0.29) is 5.60 Å². The summed E-state index contributed by atoms with van der Waals surface area (Å²) in [4.78, 5) is 5.23. The van der Waals surface area contributed by atoms with Crippen LogP contribution in [0.4, 0.5) is 0 Å². The van der Waals surface area contributed by atoms with E-state index in [1.54, 1.807) is 7.11 Å². The SMILES string of the molecule is COC(C)(C)CC(CN)N1CCN2CCCC2C1. The standard InChI is InChI=1S/C14H29N3O/c1-14(2,18-3)9-13(10-15)17-8-7-16-6-4-5-12(16)11-17/h12-13H,4-11,15H2,1-3H3. The molecule has 2 unspecified atom stereocenters. The number of hydrogen-bond donors (Lipinski definition) is 1. The Kier molecular flexibility index (Phi) is 4.64. The number of rotatable bonds is 5. The van der Waals surface area contributed by atoms with E-state index in [2.05, 4.69) is 23.6 Å². The first-order valence-electron chi connectivity index (χ1n) is 7.29. The van der Waals surface area contributed by atoms with Gasteiger partial charge < -0.3 is 10.5 Å². The summed E-state index contributed by atoms with van der Waals surface area (Å²) in [7, 11) is 1.79. The summed E-state index contributed by atoms with van der Waals surface area (Å²) in [5.74, 6) is 0. The van der Waals surface area contributed by atoms with Crippen molar-refractivity contribution in [2.75, 3.05) is 39.8 Å². The van der Waals surface area contributed by atoms with Crippen LogP contribution in [0.3, 0.4) is 0 Å². The number of fused-ring (bicyclic) bond motifs is 1.